The van der Waals surface area contributed by atoms with Gasteiger partial charge in [0, 0.05) is 6.61 Å². The maximum Gasteiger partial charge on any atom is 0.466 e. The number of aliphatic hydroxyl groups is 3. The summed E-state index contributed by atoms with van der Waals surface area (Å²) >= 11 is 0. The summed E-state index contributed by atoms with van der Waals surface area (Å²) in [6, 6.07) is 0. The molecule has 0 fully saturated rings. The Hall–Kier alpha value is -0.270. The Morgan fingerprint density at radius 2 is 0.893 bits per heavy atom. The van der Waals surface area contributed by atoms with E-state index in [1.165, 1.54) is 83.5 Å². The monoisotopic (exact) mass is 428 g/mol. The second-order valence-electron chi connectivity index (χ2n) is 6.62. The third kappa shape index (κ3) is 56.2. The van der Waals surface area contributed by atoms with Crippen molar-refractivity contribution in [3.05, 3.63) is 12.2 Å². The van der Waals surface area contributed by atoms with Gasteiger partial charge in [-0.15, -0.1) is 0 Å². The summed E-state index contributed by atoms with van der Waals surface area (Å²) in [5, 5.41) is 23.9. The summed E-state index contributed by atoms with van der Waals surface area (Å²) in [5.74, 6) is 0. The molecule has 0 saturated carbocycles. The Labute approximate surface area is 171 Å². The minimum atomic E-state index is -4.64. The molecule has 0 aliphatic heterocycles. The van der Waals surface area contributed by atoms with E-state index in [1.54, 1.807) is 0 Å². The van der Waals surface area contributed by atoms with E-state index >= 15 is 0 Å². The van der Waals surface area contributed by atoms with E-state index in [0.717, 1.165) is 6.42 Å². The normalized spacial score (nSPS) is 11.0. The van der Waals surface area contributed by atoms with Gasteiger partial charge in [-0.25, -0.2) is 4.57 Å². The largest absolute Gasteiger partial charge is 0.466 e. The van der Waals surface area contributed by atoms with Crippen LogP contribution in [0.5, 0.6) is 0 Å². The minimum Gasteiger partial charge on any atom is -0.396 e. The van der Waals surface area contributed by atoms with Crippen molar-refractivity contribution < 1.29 is 34.6 Å². The second-order valence-corrected chi connectivity index (χ2v) is 7.65. The van der Waals surface area contributed by atoms with E-state index in [2.05, 4.69) is 19.1 Å². The van der Waals surface area contributed by atoms with Crippen molar-refractivity contribution in [3.8, 4) is 0 Å². The van der Waals surface area contributed by atoms with Gasteiger partial charge in [0.2, 0.25) is 0 Å². The molecule has 7 nitrogen and oxygen atoms in total. The molecular formula is C20H45O7P. The van der Waals surface area contributed by atoms with Gasteiger partial charge in [-0.3, -0.25) is 0 Å². The zero-order valence-corrected chi connectivity index (χ0v) is 18.6. The molecule has 0 aliphatic rings. The molecule has 172 valence electrons. The number of aliphatic hydroxyl groups excluding tert-OH is 3. The first-order valence-corrected chi connectivity index (χ1v) is 12.2. The first kappa shape index (κ1) is 32.4. The van der Waals surface area contributed by atoms with Crippen molar-refractivity contribution in [2.75, 3.05) is 19.8 Å². The number of allylic oxidation sites excluding steroid dienone is 2. The molecule has 0 unspecified atom stereocenters. The average molecular weight is 429 g/mol. The van der Waals surface area contributed by atoms with Gasteiger partial charge < -0.3 is 30.0 Å². The van der Waals surface area contributed by atoms with Gasteiger partial charge in [-0.1, -0.05) is 76.9 Å². The zero-order chi connectivity index (χ0) is 21.9. The fourth-order valence-corrected chi connectivity index (χ4v) is 2.36. The highest BCUT2D eigenvalue weighted by atomic mass is 31.2. The van der Waals surface area contributed by atoms with Gasteiger partial charge in [0.15, 0.2) is 0 Å². The molecule has 8 heteroatoms. The number of hydrogen-bond acceptors (Lipinski definition) is 4. The van der Waals surface area contributed by atoms with Crippen LogP contribution < -0.4 is 0 Å². The molecule has 6 N–H and O–H groups in total. The van der Waals surface area contributed by atoms with Crippen LogP contribution in [-0.4, -0.2) is 49.8 Å². The average Bonchev–Trinajstić information content (AvgIpc) is 2.64. The van der Waals surface area contributed by atoms with E-state index in [0.29, 0.717) is 6.61 Å². The molecule has 0 radical (unpaired) electrons. The van der Waals surface area contributed by atoms with Gasteiger partial charge in [0.05, 0.1) is 13.2 Å². The number of rotatable bonds is 16. The minimum absolute atomic E-state index is 0.125. The van der Waals surface area contributed by atoms with Crippen LogP contribution in [0.2, 0.25) is 0 Å². The van der Waals surface area contributed by atoms with Gasteiger partial charge in [-0.05, 0) is 32.1 Å². The summed E-state index contributed by atoms with van der Waals surface area (Å²) < 4.78 is 8.88. The third-order valence-electron chi connectivity index (χ3n) is 3.77. The Kier molecular flexibility index (Phi) is 33.5. The molecule has 0 aromatic rings. The lowest BCUT2D eigenvalue weighted by atomic mass is 10.1. The lowest BCUT2D eigenvalue weighted by Gasteiger charge is -1.99. The molecule has 0 aromatic carbocycles. The Balaban J connectivity index is -0.000000575. The van der Waals surface area contributed by atoms with Crippen LogP contribution in [0.15, 0.2) is 12.2 Å². The van der Waals surface area contributed by atoms with Crippen LogP contribution in [0, 0.1) is 0 Å². The van der Waals surface area contributed by atoms with Crippen molar-refractivity contribution in [2.45, 2.75) is 96.8 Å². The summed E-state index contributed by atoms with van der Waals surface area (Å²) in [5.41, 5.74) is 0. The lowest BCUT2D eigenvalue weighted by Crippen LogP contribution is -1.85. The maximum atomic E-state index is 8.88. The van der Waals surface area contributed by atoms with Crippen LogP contribution in [0.1, 0.15) is 96.8 Å². The Morgan fingerprint density at radius 3 is 1.21 bits per heavy atom. The molecule has 0 atom stereocenters. The molecule has 0 saturated heterocycles. The molecular weight excluding hydrogens is 383 g/mol. The van der Waals surface area contributed by atoms with Gasteiger partial charge in [0.1, 0.15) is 0 Å². The van der Waals surface area contributed by atoms with Crippen LogP contribution in [0.4, 0.5) is 0 Å². The summed E-state index contributed by atoms with van der Waals surface area (Å²) in [4.78, 5) is 21.6. The Morgan fingerprint density at radius 1 is 0.571 bits per heavy atom. The van der Waals surface area contributed by atoms with Crippen LogP contribution in [-0.2, 0) is 4.57 Å². The molecule has 0 aliphatic carbocycles. The van der Waals surface area contributed by atoms with E-state index in [-0.39, 0.29) is 13.2 Å². The van der Waals surface area contributed by atoms with Crippen molar-refractivity contribution in [1.82, 2.24) is 0 Å². The fraction of sp³-hybridized carbons (Fsp3) is 0.900. The molecule has 0 spiro atoms. The maximum absolute atomic E-state index is 8.88. The van der Waals surface area contributed by atoms with E-state index in [1.807, 2.05) is 0 Å². The van der Waals surface area contributed by atoms with Gasteiger partial charge >= 0.3 is 7.82 Å². The SMILES string of the molecule is CCCCCCCC/C=C\CCCCCCCCO.O=P(O)(O)O.OCCO. The lowest BCUT2D eigenvalue weighted by molar-refractivity contribution is 0.186. The Bertz CT molecular complexity index is 322. The first-order valence-electron chi connectivity index (χ1n) is 10.6. The third-order valence-corrected chi connectivity index (χ3v) is 3.77. The van der Waals surface area contributed by atoms with E-state index in [4.69, 9.17) is 34.6 Å². The predicted molar refractivity (Wildman–Crippen MR) is 115 cm³/mol. The predicted octanol–water partition coefficient (Wildman–Crippen LogP) is 4.06. The van der Waals surface area contributed by atoms with Crippen molar-refractivity contribution in [2.24, 2.45) is 0 Å². The van der Waals surface area contributed by atoms with E-state index in [9.17, 15) is 0 Å². The second kappa shape index (κ2) is 28.9. The summed E-state index contributed by atoms with van der Waals surface area (Å²) in [6.07, 6.45) is 23.2. The van der Waals surface area contributed by atoms with Crippen molar-refractivity contribution in [3.63, 3.8) is 0 Å². The van der Waals surface area contributed by atoms with Crippen LogP contribution in [0.25, 0.3) is 0 Å². The molecule has 0 heterocycles. The fourth-order valence-electron chi connectivity index (χ4n) is 2.36. The standard InChI is InChI=1S/C18H36O.C2H6O2.H3O4P/c1-2-3-4-5-6-7-8-9-10-11-12-13-14-15-16-17-18-19;3-1-2-4;1-5(2,3)4/h9-10,19H,2-8,11-18H2,1H3;3-4H,1-2H2;(H3,1,2,3,4)/b10-9-;;. The number of hydrogen-bond donors (Lipinski definition) is 6. The topological polar surface area (TPSA) is 138 Å². The van der Waals surface area contributed by atoms with E-state index < -0.39 is 7.82 Å². The van der Waals surface area contributed by atoms with Crippen LogP contribution >= 0.6 is 7.82 Å². The summed E-state index contributed by atoms with van der Waals surface area (Å²) in [6.45, 7) is 2.39. The highest BCUT2D eigenvalue weighted by molar-refractivity contribution is 7.45. The molecule has 0 rings (SSSR count). The number of phosphoric acid groups is 1. The quantitative estimate of drug-likeness (QED) is 0.124. The highest BCUT2D eigenvalue weighted by Gasteiger charge is 2.00. The summed E-state index contributed by atoms with van der Waals surface area (Å²) in [7, 11) is -4.64. The smallest absolute Gasteiger partial charge is 0.396 e. The molecule has 28 heavy (non-hydrogen) atoms. The first-order chi connectivity index (χ1) is 13.3. The van der Waals surface area contributed by atoms with Gasteiger partial charge in [0.25, 0.3) is 0 Å². The molecule has 0 amide bonds. The molecule has 0 aromatic heterocycles. The van der Waals surface area contributed by atoms with Crippen molar-refractivity contribution >= 4 is 7.82 Å². The van der Waals surface area contributed by atoms with Gasteiger partial charge in [-0.2, -0.15) is 0 Å². The molecule has 0 bridgehead atoms. The zero-order valence-electron chi connectivity index (χ0n) is 17.7. The van der Waals surface area contributed by atoms with Crippen LogP contribution in [0.3, 0.4) is 0 Å². The van der Waals surface area contributed by atoms with Crippen molar-refractivity contribution in [1.29, 1.82) is 0 Å². The highest BCUT2D eigenvalue weighted by Crippen LogP contribution is 2.25. The number of unbranched alkanes of at least 4 members (excludes halogenated alkanes) is 12.